The molecule has 1 amide bonds. The Morgan fingerprint density at radius 1 is 1.15 bits per heavy atom. The van der Waals surface area contributed by atoms with Crippen LogP contribution < -0.4 is 5.73 Å². The van der Waals surface area contributed by atoms with Gasteiger partial charge in [-0.05, 0) is 38.1 Å². The van der Waals surface area contributed by atoms with Gasteiger partial charge in [0, 0.05) is 5.92 Å². The van der Waals surface area contributed by atoms with Crippen molar-refractivity contribution in [2.45, 2.75) is 24.0 Å². The fraction of sp³-hybridized carbons (Fsp3) is 0.478. The van der Waals surface area contributed by atoms with Gasteiger partial charge >= 0.3 is 5.97 Å². The second kappa shape index (κ2) is 7.81. The SMILES string of the molecule is COC(=O)[C@@H]1c2cccc(O)c2C(=O)C2C(=O)[C@]3(O)C(=O)C(C(N)=O)C(=O)[C@@H](N(C)C)[C@@H]3C[C@@H]21. The number of carbonyl (C=O) groups excluding carboxylic acids is 6. The van der Waals surface area contributed by atoms with E-state index >= 15 is 0 Å². The number of Topliss-reactive ketones (excluding diaryl/α,β-unsaturated/α-hetero) is 4. The molecule has 2 unspecified atom stereocenters. The van der Waals surface area contributed by atoms with E-state index in [1.807, 2.05) is 0 Å². The van der Waals surface area contributed by atoms with Crippen molar-refractivity contribution < 1.29 is 43.7 Å². The molecule has 7 atom stereocenters. The maximum atomic E-state index is 13.7. The van der Waals surface area contributed by atoms with Gasteiger partial charge in [-0.15, -0.1) is 0 Å². The molecule has 0 radical (unpaired) electrons. The Kier molecular flexibility index (Phi) is 5.45. The lowest BCUT2D eigenvalue weighted by Crippen LogP contribution is -2.74. The Morgan fingerprint density at radius 3 is 2.35 bits per heavy atom. The van der Waals surface area contributed by atoms with Crippen molar-refractivity contribution in [2.24, 2.45) is 29.4 Å². The highest BCUT2D eigenvalue weighted by Crippen LogP contribution is 2.54. The van der Waals surface area contributed by atoms with Gasteiger partial charge in [-0.3, -0.25) is 33.7 Å². The van der Waals surface area contributed by atoms with E-state index in [0.717, 1.165) is 7.11 Å². The molecule has 0 aromatic heterocycles. The number of hydrogen-bond donors (Lipinski definition) is 3. The van der Waals surface area contributed by atoms with E-state index in [1.165, 1.54) is 37.2 Å². The first-order valence-corrected chi connectivity index (χ1v) is 10.6. The van der Waals surface area contributed by atoms with E-state index in [4.69, 9.17) is 10.5 Å². The number of nitrogens with two attached hydrogens (primary N) is 1. The molecular weight excluding hydrogens is 448 g/mol. The first kappa shape index (κ1) is 23.7. The van der Waals surface area contributed by atoms with E-state index in [2.05, 4.69) is 0 Å². The molecule has 1 aromatic rings. The molecule has 180 valence electrons. The summed E-state index contributed by atoms with van der Waals surface area (Å²) in [5.74, 6) is -14.2. The first-order valence-electron chi connectivity index (χ1n) is 10.6. The smallest absolute Gasteiger partial charge is 0.313 e. The van der Waals surface area contributed by atoms with E-state index in [9.17, 15) is 39.0 Å². The number of fused-ring (bicyclic) bond motifs is 3. The summed E-state index contributed by atoms with van der Waals surface area (Å²) in [5, 5.41) is 21.9. The number of ketones is 4. The molecule has 0 aliphatic heterocycles. The number of esters is 1. The number of phenols is 1. The standard InChI is InChI=1S/C23H24N2O9/c1-25(2)16-10-7-9-12(22(32)34-3)8-5-4-6-11(26)13(8)17(27)14(9)19(29)23(10,33)20(30)15(18(16)28)21(24)31/h4-6,9-10,12,14-16,26,33H,7H2,1-3H3,(H2,24,31)/t9-,10+,12-,14?,15?,16+,23+/m1/s1. The van der Waals surface area contributed by atoms with E-state index in [-0.39, 0.29) is 17.5 Å². The number of rotatable bonds is 3. The van der Waals surface area contributed by atoms with Crippen LogP contribution >= 0.6 is 0 Å². The van der Waals surface area contributed by atoms with Crippen molar-refractivity contribution in [2.75, 3.05) is 21.2 Å². The van der Waals surface area contributed by atoms with E-state index in [0.29, 0.717) is 0 Å². The zero-order chi connectivity index (χ0) is 25.3. The van der Waals surface area contributed by atoms with Crippen LogP contribution in [0.15, 0.2) is 18.2 Å². The van der Waals surface area contributed by atoms with Gasteiger partial charge in [-0.25, -0.2) is 0 Å². The lowest BCUT2D eigenvalue weighted by atomic mass is 9.50. The van der Waals surface area contributed by atoms with Gasteiger partial charge in [-0.2, -0.15) is 0 Å². The summed E-state index contributed by atoms with van der Waals surface area (Å²) in [5.41, 5.74) is 2.30. The maximum Gasteiger partial charge on any atom is 0.313 e. The summed E-state index contributed by atoms with van der Waals surface area (Å²) in [6.07, 6.45) is -0.251. The predicted octanol–water partition coefficient (Wildman–Crippen LogP) is -1.42. The van der Waals surface area contributed by atoms with Crippen molar-refractivity contribution in [3.05, 3.63) is 29.3 Å². The second-order valence-electron chi connectivity index (χ2n) is 9.23. The fourth-order valence-corrected chi connectivity index (χ4v) is 6.02. The Labute approximate surface area is 193 Å². The topological polar surface area (TPSA) is 181 Å². The molecular formula is C23H24N2O9. The molecule has 3 aliphatic carbocycles. The third-order valence-electron chi connectivity index (χ3n) is 7.41. The highest BCUT2D eigenvalue weighted by Gasteiger charge is 2.70. The number of likely N-dealkylation sites (N-methyl/N-ethyl adjacent to an activating group) is 1. The minimum Gasteiger partial charge on any atom is -0.507 e. The number of amides is 1. The summed E-state index contributed by atoms with van der Waals surface area (Å²) in [6, 6.07) is 2.85. The fourth-order valence-electron chi connectivity index (χ4n) is 6.02. The molecule has 11 heteroatoms. The van der Waals surface area contributed by atoms with Gasteiger partial charge in [0.25, 0.3) is 0 Å². The number of ether oxygens (including phenoxy) is 1. The summed E-state index contributed by atoms with van der Waals surface area (Å²) >= 11 is 0. The van der Waals surface area contributed by atoms with E-state index < -0.39 is 82.0 Å². The molecule has 34 heavy (non-hydrogen) atoms. The number of carbonyl (C=O) groups is 6. The molecule has 0 saturated heterocycles. The monoisotopic (exact) mass is 472 g/mol. The van der Waals surface area contributed by atoms with Gasteiger partial charge in [0.2, 0.25) is 5.91 Å². The van der Waals surface area contributed by atoms with Crippen LogP contribution in [0.4, 0.5) is 0 Å². The highest BCUT2D eigenvalue weighted by atomic mass is 16.5. The van der Waals surface area contributed by atoms with Crippen LogP contribution in [0.25, 0.3) is 0 Å². The summed E-state index contributed by atoms with van der Waals surface area (Å²) < 4.78 is 4.92. The number of hydrogen-bond acceptors (Lipinski definition) is 10. The zero-order valence-corrected chi connectivity index (χ0v) is 18.7. The molecule has 4 rings (SSSR count). The quantitative estimate of drug-likeness (QED) is 0.349. The number of nitrogens with zero attached hydrogens (tertiary/aromatic N) is 1. The summed E-state index contributed by atoms with van der Waals surface area (Å²) in [4.78, 5) is 79.7. The van der Waals surface area contributed by atoms with Crippen LogP contribution in [0, 0.1) is 23.7 Å². The van der Waals surface area contributed by atoms with Crippen LogP contribution in [-0.4, -0.2) is 83.0 Å². The molecule has 0 bridgehead atoms. The Bertz CT molecular complexity index is 1160. The predicted molar refractivity (Wildman–Crippen MR) is 112 cm³/mol. The first-order chi connectivity index (χ1) is 15.9. The molecule has 2 saturated carbocycles. The normalized spacial score (nSPS) is 34.9. The van der Waals surface area contributed by atoms with E-state index in [1.54, 1.807) is 0 Å². The summed E-state index contributed by atoms with van der Waals surface area (Å²) in [7, 11) is 4.08. The Balaban J connectivity index is 1.96. The van der Waals surface area contributed by atoms with Gasteiger partial charge in [-0.1, -0.05) is 12.1 Å². The second-order valence-corrected chi connectivity index (χ2v) is 9.23. The average Bonchev–Trinajstić information content (AvgIpc) is 2.75. The molecule has 11 nitrogen and oxygen atoms in total. The van der Waals surface area contributed by atoms with Gasteiger partial charge in [0.15, 0.2) is 34.7 Å². The van der Waals surface area contributed by atoms with Crippen LogP contribution in [0.3, 0.4) is 0 Å². The largest absolute Gasteiger partial charge is 0.507 e. The lowest BCUT2D eigenvalue weighted by Gasteiger charge is -2.53. The van der Waals surface area contributed by atoms with Gasteiger partial charge in [0.1, 0.15) is 5.75 Å². The van der Waals surface area contributed by atoms with Crippen LogP contribution in [0.5, 0.6) is 5.75 Å². The van der Waals surface area contributed by atoms with Crippen LogP contribution in [0.2, 0.25) is 0 Å². The third kappa shape index (κ3) is 2.90. The van der Waals surface area contributed by atoms with Crippen molar-refractivity contribution >= 4 is 35.0 Å². The summed E-state index contributed by atoms with van der Waals surface area (Å²) in [6.45, 7) is 0. The number of aromatic hydroxyl groups is 1. The average molecular weight is 472 g/mol. The molecule has 0 spiro atoms. The van der Waals surface area contributed by atoms with Crippen molar-refractivity contribution in [1.29, 1.82) is 0 Å². The molecule has 1 aromatic carbocycles. The Hall–Kier alpha value is -3.44. The minimum absolute atomic E-state index is 0.154. The van der Waals surface area contributed by atoms with Crippen LogP contribution in [-0.2, 0) is 28.7 Å². The lowest BCUT2D eigenvalue weighted by molar-refractivity contribution is -0.182. The number of phenolic OH excluding ortho intramolecular Hbond substituents is 1. The number of methoxy groups -OCH3 is 1. The van der Waals surface area contributed by atoms with Gasteiger partial charge in [0.05, 0.1) is 30.6 Å². The minimum atomic E-state index is -2.86. The highest BCUT2D eigenvalue weighted by molar-refractivity contribution is 6.32. The number of aliphatic hydroxyl groups is 1. The Morgan fingerprint density at radius 2 is 1.79 bits per heavy atom. The molecule has 4 N–H and O–H groups in total. The molecule has 2 fully saturated rings. The van der Waals surface area contributed by atoms with Crippen LogP contribution in [0.1, 0.15) is 28.3 Å². The van der Waals surface area contributed by atoms with Crippen molar-refractivity contribution in [3.8, 4) is 5.75 Å². The van der Waals surface area contributed by atoms with Crippen molar-refractivity contribution in [1.82, 2.24) is 4.90 Å². The molecule has 0 heterocycles. The maximum absolute atomic E-state index is 13.7. The number of benzene rings is 1. The molecule has 3 aliphatic rings. The van der Waals surface area contributed by atoms with Gasteiger partial charge < -0.3 is 20.7 Å². The zero-order valence-electron chi connectivity index (χ0n) is 18.7. The third-order valence-corrected chi connectivity index (χ3v) is 7.41. The van der Waals surface area contributed by atoms with Crippen molar-refractivity contribution in [3.63, 3.8) is 0 Å². The number of primary amides is 1.